The third-order valence-electron chi connectivity index (χ3n) is 5.62. The molecule has 186 valence electrons. The molecule has 8 heteroatoms. The van der Waals surface area contributed by atoms with E-state index in [2.05, 4.69) is 10.6 Å². The molecule has 0 saturated carbocycles. The second-order valence-electron chi connectivity index (χ2n) is 8.51. The van der Waals surface area contributed by atoms with E-state index >= 15 is 0 Å². The summed E-state index contributed by atoms with van der Waals surface area (Å²) >= 11 is 0. The van der Waals surface area contributed by atoms with Crippen molar-refractivity contribution in [2.45, 2.75) is 122 Å². The Labute approximate surface area is 192 Å². The van der Waals surface area contributed by atoms with Crippen LogP contribution >= 0.6 is 0 Å². The van der Waals surface area contributed by atoms with Gasteiger partial charge in [-0.25, -0.2) is 4.79 Å². The molecule has 0 fully saturated rings. The molecule has 0 aromatic carbocycles. The first kappa shape index (κ1) is 29.9. The molecule has 2 amide bonds. The van der Waals surface area contributed by atoms with Gasteiger partial charge in [-0.3, -0.25) is 14.4 Å². The van der Waals surface area contributed by atoms with Crippen LogP contribution in [-0.4, -0.2) is 47.1 Å². The SMILES string of the molecule is CNC(=O)CC[C@H](NC(=O)CCCCCCCCCCCCCCCCC(=O)O)C(=O)O. The first-order valence-corrected chi connectivity index (χ1v) is 12.3. The molecule has 1 atom stereocenters. The van der Waals surface area contributed by atoms with Gasteiger partial charge in [-0.2, -0.15) is 0 Å². The first-order chi connectivity index (χ1) is 15.4. The minimum absolute atomic E-state index is 0.0718. The molecular formula is C24H44N2O6. The Morgan fingerprint density at radius 2 is 1.00 bits per heavy atom. The number of amides is 2. The van der Waals surface area contributed by atoms with E-state index in [4.69, 9.17) is 10.2 Å². The summed E-state index contributed by atoms with van der Waals surface area (Å²) < 4.78 is 0. The highest BCUT2D eigenvalue weighted by atomic mass is 16.4. The van der Waals surface area contributed by atoms with Gasteiger partial charge < -0.3 is 20.8 Å². The van der Waals surface area contributed by atoms with Gasteiger partial charge in [-0.1, -0.05) is 77.0 Å². The first-order valence-electron chi connectivity index (χ1n) is 12.3. The third kappa shape index (κ3) is 19.8. The molecule has 0 saturated heterocycles. The number of carboxylic acids is 2. The van der Waals surface area contributed by atoms with Crippen molar-refractivity contribution < 1.29 is 29.4 Å². The predicted octanol–water partition coefficient (Wildman–Crippen LogP) is 4.41. The average Bonchev–Trinajstić information content (AvgIpc) is 2.75. The number of aliphatic carboxylic acids is 2. The zero-order valence-corrected chi connectivity index (χ0v) is 19.8. The van der Waals surface area contributed by atoms with Crippen molar-refractivity contribution in [2.24, 2.45) is 0 Å². The number of nitrogens with one attached hydrogen (secondary N) is 2. The van der Waals surface area contributed by atoms with Crippen LogP contribution in [0.25, 0.3) is 0 Å². The zero-order valence-electron chi connectivity index (χ0n) is 19.8. The number of unbranched alkanes of at least 4 members (excludes halogenated alkanes) is 13. The number of hydrogen-bond donors (Lipinski definition) is 4. The quantitative estimate of drug-likeness (QED) is 0.178. The van der Waals surface area contributed by atoms with Crippen LogP contribution in [0.2, 0.25) is 0 Å². The molecule has 4 N–H and O–H groups in total. The standard InChI is InChI=1S/C24H44N2O6/c1-25-21(27)19-18-20(24(31)32)26-22(28)16-14-12-10-8-6-4-2-3-5-7-9-11-13-15-17-23(29)30/h20H,2-19H2,1H3,(H,25,27)(H,26,28)(H,29,30)(H,31,32)/t20-/m0/s1. The average molecular weight is 457 g/mol. The van der Waals surface area contributed by atoms with Crippen LogP contribution in [0.3, 0.4) is 0 Å². The second kappa shape index (κ2) is 20.8. The Morgan fingerprint density at radius 1 is 0.594 bits per heavy atom. The molecule has 0 radical (unpaired) electrons. The van der Waals surface area contributed by atoms with E-state index in [1.807, 2.05) is 0 Å². The van der Waals surface area contributed by atoms with Gasteiger partial charge in [-0.15, -0.1) is 0 Å². The lowest BCUT2D eigenvalue weighted by Crippen LogP contribution is -2.41. The molecule has 0 unspecified atom stereocenters. The lowest BCUT2D eigenvalue weighted by atomic mass is 10.0. The minimum atomic E-state index is -1.11. The van der Waals surface area contributed by atoms with E-state index in [0.717, 1.165) is 44.9 Å². The molecule has 0 aliphatic rings. The summed E-state index contributed by atoms with van der Waals surface area (Å²) in [6.45, 7) is 0. The minimum Gasteiger partial charge on any atom is -0.481 e. The van der Waals surface area contributed by atoms with Gasteiger partial charge in [0.2, 0.25) is 11.8 Å². The zero-order chi connectivity index (χ0) is 24.0. The summed E-state index contributed by atoms with van der Waals surface area (Å²) in [5.74, 6) is -2.32. The van der Waals surface area contributed by atoms with Gasteiger partial charge in [0.25, 0.3) is 0 Å². The molecule has 0 bridgehead atoms. The Bertz CT molecular complexity index is 539. The van der Waals surface area contributed by atoms with Gasteiger partial charge in [0, 0.05) is 26.3 Å². The number of carboxylic acid groups (broad SMARTS) is 2. The largest absolute Gasteiger partial charge is 0.481 e. The van der Waals surface area contributed by atoms with Crippen LogP contribution in [-0.2, 0) is 19.2 Å². The maximum Gasteiger partial charge on any atom is 0.326 e. The Morgan fingerprint density at radius 3 is 1.38 bits per heavy atom. The number of rotatable bonds is 22. The molecule has 0 spiro atoms. The van der Waals surface area contributed by atoms with Crippen LogP contribution in [0.5, 0.6) is 0 Å². The third-order valence-corrected chi connectivity index (χ3v) is 5.62. The van der Waals surface area contributed by atoms with Crippen molar-refractivity contribution in [3.63, 3.8) is 0 Å². The van der Waals surface area contributed by atoms with E-state index in [1.165, 1.54) is 52.0 Å². The van der Waals surface area contributed by atoms with Gasteiger partial charge in [0.05, 0.1) is 0 Å². The smallest absolute Gasteiger partial charge is 0.326 e. The number of hydrogen-bond acceptors (Lipinski definition) is 4. The summed E-state index contributed by atoms with van der Waals surface area (Å²) in [5, 5.41) is 22.7. The van der Waals surface area contributed by atoms with Crippen LogP contribution in [0.1, 0.15) is 116 Å². The van der Waals surface area contributed by atoms with Crippen LogP contribution in [0.15, 0.2) is 0 Å². The number of carbonyl (C=O) groups is 4. The fraction of sp³-hybridized carbons (Fsp3) is 0.833. The normalized spacial score (nSPS) is 11.7. The van der Waals surface area contributed by atoms with Crippen molar-refractivity contribution in [2.75, 3.05) is 7.05 Å². The van der Waals surface area contributed by atoms with Crippen molar-refractivity contribution >= 4 is 23.8 Å². The van der Waals surface area contributed by atoms with Gasteiger partial charge in [0.15, 0.2) is 0 Å². The summed E-state index contributed by atoms with van der Waals surface area (Å²) in [6.07, 6.45) is 16.4. The van der Waals surface area contributed by atoms with E-state index in [-0.39, 0.29) is 24.7 Å². The van der Waals surface area contributed by atoms with E-state index in [9.17, 15) is 19.2 Å². The molecular weight excluding hydrogens is 412 g/mol. The molecule has 0 heterocycles. The summed E-state index contributed by atoms with van der Waals surface area (Å²) in [4.78, 5) is 44.8. The summed E-state index contributed by atoms with van der Waals surface area (Å²) in [7, 11) is 1.49. The monoisotopic (exact) mass is 456 g/mol. The summed E-state index contributed by atoms with van der Waals surface area (Å²) in [5.41, 5.74) is 0. The maximum atomic E-state index is 11.9. The van der Waals surface area contributed by atoms with E-state index < -0.39 is 18.0 Å². The fourth-order valence-electron chi connectivity index (χ4n) is 3.61. The Balaban J connectivity index is 3.48. The van der Waals surface area contributed by atoms with E-state index in [1.54, 1.807) is 0 Å². The highest BCUT2D eigenvalue weighted by Gasteiger charge is 2.20. The molecule has 8 nitrogen and oxygen atoms in total. The predicted molar refractivity (Wildman–Crippen MR) is 124 cm³/mol. The molecule has 32 heavy (non-hydrogen) atoms. The Kier molecular flexibility index (Phi) is 19.4. The van der Waals surface area contributed by atoms with Crippen molar-refractivity contribution in [3.05, 3.63) is 0 Å². The maximum absolute atomic E-state index is 11.9. The van der Waals surface area contributed by atoms with E-state index in [0.29, 0.717) is 12.8 Å². The van der Waals surface area contributed by atoms with Gasteiger partial charge in [0.1, 0.15) is 6.04 Å². The lowest BCUT2D eigenvalue weighted by molar-refractivity contribution is -0.142. The van der Waals surface area contributed by atoms with Gasteiger partial charge >= 0.3 is 11.9 Å². The van der Waals surface area contributed by atoms with Crippen LogP contribution < -0.4 is 10.6 Å². The molecule has 0 aliphatic carbocycles. The van der Waals surface area contributed by atoms with Crippen LogP contribution in [0.4, 0.5) is 0 Å². The van der Waals surface area contributed by atoms with Crippen molar-refractivity contribution in [3.8, 4) is 0 Å². The highest BCUT2D eigenvalue weighted by molar-refractivity contribution is 5.84. The summed E-state index contributed by atoms with van der Waals surface area (Å²) in [6, 6.07) is -1.02. The topological polar surface area (TPSA) is 133 Å². The molecule has 0 rings (SSSR count). The van der Waals surface area contributed by atoms with Crippen molar-refractivity contribution in [1.29, 1.82) is 0 Å². The number of carbonyl (C=O) groups excluding carboxylic acids is 2. The lowest BCUT2D eigenvalue weighted by Gasteiger charge is -2.14. The molecule has 0 aliphatic heterocycles. The highest BCUT2D eigenvalue weighted by Crippen LogP contribution is 2.14. The fourth-order valence-corrected chi connectivity index (χ4v) is 3.61. The molecule has 0 aromatic heterocycles. The Hall–Kier alpha value is -2.12. The van der Waals surface area contributed by atoms with Crippen molar-refractivity contribution in [1.82, 2.24) is 10.6 Å². The van der Waals surface area contributed by atoms with Crippen LogP contribution in [0, 0.1) is 0 Å². The second-order valence-corrected chi connectivity index (χ2v) is 8.51. The van der Waals surface area contributed by atoms with Gasteiger partial charge in [-0.05, 0) is 19.3 Å². The molecule has 0 aromatic rings.